The second-order valence-electron chi connectivity index (χ2n) is 11.8. The molecule has 5 rings (SSSR count). The van der Waals surface area contributed by atoms with E-state index in [1.165, 1.54) is 17.2 Å². The van der Waals surface area contributed by atoms with Crippen LogP contribution in [0.4, 0.5) is 11.5 Å². The first-order valence-electron chi connectivity index (χ1n) is 16.8. The SMILES string of the molecule is CCCC(=O)Nc1ncnc2c1ncn2[C@@H]1O[C@@H]2COP(=O)(O)O[C@H]2[C@H]1OC(=O)CCC.O=C(CCCCCCC(=O)Nc1ccccc1)NO.[Na+]. The Bertz CT molecular complexity index is 1680. The summed E-state index contributed by atoms with van der Waals surface area (Å²) in [4.78, 5) is 69.0. The van der Waals surface area contributed by atoms with Gasteiger partial charge in [0.25, 0.3) is 0 Å². The number of imidazole rings is 1. The molecule has 18 nitrogen and oxygen atoms in total. The molecule has 4 heterocycles. The van der Waals surface area contributed by atoms with E-state index in [1.807, 2.05) is 44.2 Å². The van der Waals surface area contributed by atoms with Crippen LogP contribution in [0.3, 0.4) is 0 Å². The van der Waals surface area contributed by atoms with Crippen molar-refractivity contribution in [3.05, 3.63) is 43.0 Å². The fourth-order valence-electron chi connectivity index (χ4n) is 5.36. The standard InChI is InChI=1S/C18H24N5O8P.C14H20N2O3.Na/c1-3-5-11(24)22-16-13-17(20-8-19-16)23(9-21-13)18-15(30-12(25)6-4-2)14-10(29-18)7-28-32(26,27)31-14;17-13(15-12-8-4-3-5-9-12)10-6-1-2-7-11-14(18)16-19;/h8-10,14-15,18H,3-7H2,1-2H3,(H,26,27)(H,19,20,22,24);3-5,8-9,19H,1-2,6-7,10-11H2,(H,15,17)(H,16,18);/q;;+1/t10-,14-,15-,18-;;/m1../s1. The quantitative estimate of drug-likeness (QED) is 0.0365. The number of rotatable bonds is 15. The van der Waals surface area contributed by atoms with Crippen molar-refractivity contribution in [2.24, 2.45) is 0 Å². The van der Waals surface area contributed by atoms with Gasteiger partial charge in [0.1, 0.15) is 18.5 Å². The Morgan fingerprint density at radius 3 is 2.27 bits per heavy atom. The molecule has 5 N–H and O–H groups in total. The van der Waals surface area contributed by atoms with E-state index in [4.69, 9.17) is 23.7 Å². The number of phosphoric acid groups is 1. The van der Waals surface area contributed by atoms with Crippen LogP contribution in [0.1, 0.15) is 84.3 Å². The van der Waals surface area contributed by atoms with E-state index in [2.05, 4.69) is 25.6 Å². The molecule has 2 aliphatic rings. The third kappa shape index (κ3) is 12.7. The number of anilines is 2. The fraction of sp³-hybridized carbons (Fsp3) is 0.531. The summed E-state index contributed by atoms with van der Waals surface area (Å²) in [5.41, 5.74) is 3.05. The zero-order valence-electron chi connectivity index (χ0n) is 29.4. The van der Waals surface area contributed by atoms with Crippen molar-refractivity contribution < 1.29 is 81.9 Å². The van der Waals surface area contributed by atoms with Crippen molar-refractivity contribution in [2.75, 3.05) is 17.2 Å². The third-order valence-corrected chi connectivity index (χ3v) is 8.76. The minimum Gasteiger partial charge on any atom is -0.455 e. The number of hydrogen-bond acceptors (Lipinski definition) is 13. The van der Waals surface area contributed by atoms with Gasteiger partial charge in [-0.1, -0.05) is 44.9 Å². The molecule has 0 spiro atoms. The number of unbranched alkanes of at least 4 members (excludes halogenated alkanes) is 3. The van der Waals surface area contributed by atoms with Crippen LogP contribution in [0.2, 0.25) is 0 Å². The van der Waals surface area contributed by atoms with Gasteiger partial charge in [-0.2, -0.15) is 0 Å². The number of ether oxygens (including phenoxy) is 2. The van der Waals surface area contributed by atoms with Crippen molar-refractivity contribution in [3.8, 4) is 0 Å². The van der Waals surface area contributed by atoms with Crippen molar-refractivity contribution in [1.29, 1.82) is 0 Å². The number of aromatic nitrogens is 4. The molecule has 1 unspecified atom stereocenters. The van der Waals surface area contributed by atoms with Crippen molar-refractivity contribution >= 4 is 54.2 Å². The number of phosphoric ester groups is 1. The van der Waals surface area contributed by atoms with E-state index in [1.54, 1.807) is 5.48 Å². The number of esters is 1. The number of nitrogens with one attached hydrogen (secondary N) is 3. The maximum absolute atomic E-state index is 12.3. The van der Waals surface area contributed by atoms with Crippen molar-refractivity contribution in [3.63, 3.8) is 0 Å². The monoisotopic (exact) mass is 756 g/mol. The van der Waals surface area contributed by atoms with Gasteiger partial charge in [-0.05, 0) is 37.8 Å². The molecule has 2 saturated heterocycles. The third-order valence-electron chi connectivity index (χ3n) is 7.77. The van der Waals surface area contributed by atoms with Gasteiger partial charge >= 0.3 is 43.3 Å². The normalized spacial score (nSPS) is 21.8. The number of hydroxylamine groups is 1. The van der Waals surface area contributed by atoms with Crippen LogP contribution in [0.15, 0.2) is 43.0 Å². The maximum Gasteiger partial charge on any atom is 1.00 e. The molecule has 20 heteroatoms. The summed E-state index contributed by atoms with van der Waals surface area (Å²) in [6.07, 6.45) is 4.77. The first kappa shape index (κ1) is 43.1. The molecule has 3 amide bonds. The average molecular weight is 757 g/mol. The molecule has 0 bridgehead atoms. The molecule has 0 radical (unpaired) electrons. The molecule has 0 saturated carbocycles. The van der Waals surface area contributed by atoms with E-state index in [9.17, 15) is 28.6 Å². The predicted molar refractivity (Wildman–Crippen MR) is 181 cm³/mol. The Morgan fingerprint density at radius 2 is 1.60 bits per heavy atom. The van der Waals surface area contributed by atoms with Gasteiger partial charge in [0.05, 0.1) is 12.9 Å². The van der Waals surface area contributed by atoms with Gasteiger partial charge in [-0.25, -0.2) is 25.0 Å². The summed E-state index contributed by atoms with van der Waals surface area (Å²) in [6, 6.07) is 9.36. The summed E-state index contributed by atoms with van der Waals surface area (Å²) >= 11 is 0. The molecule has 0 aliphatic carbocycles. The van der Waals surface area contributed by atoms with Crippen LogP contribution in [0, 0.1) is 0 Å². The number of carbonyl (C=O) groups is 4. The number of hydrogen-bond donors (Lipinski definition) is 5. The molecule has 1 aromatic carbocycles. The maximum atomic E-state index is 12.3. The average Bonchev–Trinajstić information content (AvgIpc) is 3.68. The van der Waals surface area contributed by atoms with Crippen LogP contribution in [-0.4, -0.2) is 78.2 Å². The van der Waals surface area contributed by atoms with Gasteiger partial charge in [-0.3, -0.25) is 38.0 Å². The minimum absolute atomic E-state index is 0. The predicted octanol–water partition coefficient (Wildman–Crippen LogP) is 1.17. The molecule has 2 aliphatic heterocycles. The van der Waals surface area contributed by atoms with Crippen LogP contribution < -0.4 is 45.7 Å². The molecule has 2 fully saturated rings. The van der Waals surface area contributed by atoms with Crippen LogP contribution in [0.25, 0.3) is 11.2 Å². The van der Waals surface area contributed by atoms with Gasteiger partial charge < -0.3 is 25.0 Å². The molecule has 2 aromatic heterocycles. The number of nitrogens with zero attached hydrogens (tertiary/aromatic N) is 4. The number of amides is 3. The Kier molecular flexibility index (Phi) is 17.7. The molecular formula is C32H44N7NaO11P+. The minimum atomic E-state index is -4.30. The van der Waals surface area contributed by atoms with E-state index < -0.39 is 38.3 Å². The van der Waals surface area contributed by atoms with E-state index in [0.29, 0.717) is 43.3 Å². The van der Waals surface area contributed by atoms with Gasteiger partial charge in [-0.15, -0.1) is 0 Å². The second kappa shape index (κ2) is 21.4. The summed E-state index contributed by atoms with van der Waals surface area (Å²) in [6.45, 7) is 3.50. The molecule has 278 valence electrons. The summed E-state index contributed by atoms with van der Waals surface area (Å²) < 4.78 is 35.1. The summed E-state index contributed by atoms with van der Waals surface area (Å²) in [5.74, 6) is -0.815. The Balaban J connectivity index is 0.000000314. The van der Waals surface area contributed by atoms with Gasteiger partial charge in [0.15, 0.2) is 29.3 Å². The molecule has 52 heavy (non-hydrogen) atoms. The first-order chi connectivity index (χ1) is 24.5. The van der Waals surface area contributed by atoms with Crippen LogP contribution in [-0.2, 0) is 42.3 Å². The smallest absolute Gasteiger partial charge is 0.455 e. The Labute approximate surface area is 322 Å². The zero-order chi connectivity index (χ0) is 36.8. The molecular weight excluding hydrogens is 712 g/mol. The molecule has 5 atom stereocenters. The van der Waals surface area contributed by atoms with E-state index in [0.717, 1.165) is 31.4 Å². The van der Waals surface area contributed by atoms with Crippen molar-refractivity contribution in [1.82, 2.24) is 25.0 Å². The first-order valence-corrected chi connectivity index (χ1v) is 18.3. The Hall–Kier alpha value is -3.32. The fourth-order valence-corrected chi connectivity index (χ4v) is 6.32. The van der Waals surface area contributed by atoms with Crippen LogP contribution >= 0.6 is 7.82 Å². The number of fused-ring (bicyclic) bond motifs is 2. The van der Waals surface area contributed by atoms with Gasteiger partial charge in [0, 0.05) is 31.4 Å². The summed E-state index contributed by atoms with van der Waals surface area (Å²) in [7, 11) is -4.30. The van der Waals surface area contributed by atoms with E-state index >= 15 is 0 Å². The van der Waals surface area contributed by atoms with Gasteiger partial charge in [0.2, 0.25) is 17.7 Å². The van der Waals surface area contributed by atoms with Crippen LogP contribution in [0.5, 0.6) is 0 Å². The zero-order valence-corrected chi connectivity index (χ0v) is 32.3. The molecule has 3 aromatic rings. The van der Waals surface area contributed by atoms with E-state index in [-0.39, 0.29) is 66.1 Å². The van der Waals surface area contributed by atoms with Crippen molar-refractivity contribution in [2.45, 2.75) is 103 Å². The largest absolute Gasteiger partial charge is 1.00 e. The second-order valence-corrected chi connectivity index (χ2v) is 13.2. The Morgan fingerprint density at radius 1 is 0.923 bits per heavy atom. The summed E-state index contributed by atoms with van der Waals surface area (Å²) in [5, 5.41) is 13.8. The topological polar surface area (TPSA) is 242 Å². The number of benzene rings is 1. The number of carbonyl (C=O) groups excluding carboxylic acids is 4. The number of para-hydroxylation sites is 1.